The van der Waals surface area contributed by atoms with E-state index in [-0.39, 0.29) is 45.3 Å². The summed E-state index contributed by atoms with van der Waals surface area (Å²) in [7, 11) is 3.06. The number of ether oxygens (including phenoxy) is 2. The number of para-hydroxylation sites is 2. The van der Waals surface area contributed by atoms with Gasteiger partial charge >= 0.3 is 0 Å². The molecular weight excluding hydrogens is 805 g/mol. The maximum absolute atomic E-state index is 14.2. The molecule has 0 heterocycles. The summed E-state index contributed by atoms with van der Waals surface area (Å²) in [6.45, 7) is 35.0. The fraction of sp³-hybridized carbons (Fsp3) is 0.519. The third kappa shape index (κ3) is 12.4. The van der Waals surface area contributed by atoms with E-state index in [2.05, 4.69) is 130 Å². The molecule has 0 fully saturated rings. The molecule has 6 nitrogen and oxygen atoms in total. The summed E-state index contributed by atoms with van der Waals surface area (Å²) >= 11 is 0. The SMILES string of the molecule is CCC(C)(C)c1ccc(OC(C(=O)Nc2ccccc2SSc2ccccc2NC(=O)C(Oc2ccc(C(C)(C)CC)cc2C(C)(C)CC)C(C)C)C(C)C)c(C(C)(C)CC)c1. The van der Waals surface area contributed by atoms with Crippen molar-refractivity contribution in [3.8, 4) is 11.5 Å². The van der Waals surface area contributed by atoms with Gasteiger partial charge in [0.25, 0.3) is 11.8 Å². The normalized spacial score (nSPS) is 13.5. The Bertz CT molecular complexity index is 1990. The third-order valence-electron chi connectivity index (χ3n) is 13.3. The number of carbonyl (C=O) groups excluding carboxylic acids is 2. The van der Waals surface area contributed by atoms with E-state index >= 15 is 0 Å². The predicted octanol–water partition coefficient (Wildman–Crippen LogP) is 15.3. The van der Waals surface area contributed by atoms with Gasteiger partial charge in [-0.1, -0.05) is 181 Å². The summed E-state index contributed by atoms with van der Waals surface area (Å²) in [6, 6.07) is 28.6. The molecule has 2 amide bonds. The molecular formula is C54H76N2O4S2. The number of benzene rings is 4. The lowest BCUT2D eigenvalue weighted by atomic mass is 9.76. The Morgan fingerprint density at radius 2 is 0.823 bits per heavy atom. The molecule has 0 saturated carbocycles. The number of anilines is 2. The van der Waals surface area contributed by atoms with E-state index in [4.69, 9.17) is 9.47 Å². The molecule has 0 bridgehead atoms. The quantitative estimate of drug-likeness (QED) is 0.0812. The van der Waals surface area contributed by atoms with Gasteiger partial charge in [-0.2, -0.15) is 0 Å². The first-order valence-electron chi connectivity index (χ1n) is 22.8. The van der Waals surface area contributed by atoms with Gasteiger partial charge in [0, 0.05) is 20.9 Å². The fourth-order valence-electron chi connectivity index (χ4n) is 7.00. The lowest BCUT2D eigenvalue weighted by Gasteiger charge is -2.32. The number of carbonyl (C=O) groups is 2. The number of hydrogen-bond acceptors (Lipinski definition) is 6. The minimum absolute atomic E-state index is 0.0253. The highest BCUT2D eigenvalue weighted by molar-refractivity contribution is 8.76. The molecule has 0 aliphatic rings. The monoisotopic (exact) mass is 881 g/mol. The zero-order valence-corrected chi connectivity index (χ0v) is 42.3. The second kappa shape index (κ2) is 21.2. The van der Waals surface area contributed by atoms with Gasteiger partial charge in [0.05, 0.1) is 11.4 Å². The van der Waals surface area contributed by atoms with Crippen molar-refractivity contribution in [2.45, 2.75) is 180 Å². The van der Waals surface area contributed by atoms with Gasteiger partial charge in [-0.05, 0) is 107 Å². The Labute approximate surface area is 383 Å². The van der Waals surface area contributed by atoms with Gasteiger partial charge in [-0.25, -0.2) is 0 Å². The van der Waals surface area contributed by atoms with Crippen LogP contribution in [0.25, 0.3) is 0 Å². The van der Waals surface area contributed by atoms with Crippen molar-refractivity contribution < 1.29 is 19.1 Å². The second-order valence-electron chi connectivity index (χ2n) is 20.1. The van der Waals surface area contributed by atoms with E-state index < -0.39 is 12.2 Å². The molecule has 0 saturated heterocycles. The van der Waals surface area contributed by atoms with Crippen molar-refractivity contribution in [3.63, 3.8) is 0 Å². The second-order valence-corrected chi connectivity index (χ2v) is 22.3. The number of rotatable bonds is 21. The summed E-state index contributed by atoms with van der Waals surface area (Å²) in [5.74, 6) is 0.945. The number of nitrogens with one attached hydrogen (secondary N) is 2. The molecule has 0 aliphatic heterocycles. The highest BCUT2D eigenvalue weighted by Crippen LogP contribution is 2.45. The van der Waals surface area contributed by atoms with Crippen molar-refractivity contribution in [2.24, 2.45) is 11.8 Å². The Kier molecular flexibility index (Phi) is 17.4. The van der Waals surface area contributed by atoms with Crippen LogP contribution in [-0.2, 0) is 31.2 Å². The topological polar surface area (TPSA) is 76.7 Å². The lowest BCUT2D eigenvalue weighted by molar-refractivity contribution is -0.125. The highest BCUT2D eigenvalue weighted by atomic mass is 33.1. The summed E-state index contributed by atoms with van der Waals surface area (Å²) in [6.07, 6.45) is 2.48. The molecule has 62 heavy (non-hydrogen) atoms. The van der Waals surface area contributed by atoms with E-state index in [1.165, 1.54) is 32.7 Å². The van der Waals surface area contributed by atoms with Gasteiger partial charge in [-0.3, -0.25) is 9.59 Å². The standard InChI is InChI=1S/C54H76N2O4S2/c1-17-51(9,10)37-29-31-43(39(33-37)53(13,14)19-3)59-47(35(5)6)49(57)55-41-25-21-23-27-45(41)61-62-46-28-24-22-26-42(46)56-50(58)48(36(7)8)60-44-32-30-38(52(11,12)18-2)34-40(44)54(15,16)20-4/h21-36,47-48H,17-20H2,1-16H3,(H,55,57)(H,56,58). The summed E-state index contributed by atoms with van der Waals surface area (Å²) in [5, 5.41) is 6.42. The van der Waals surface area contributed by atoms with Crippen molar-refractivity contribution in [1.29, 1.82) is 0 Å². The van der Waals surface area contributed by atoms with Crippen molar-refractivity contribution in [3.05, 3.63) is 107 Å². The van der Waals surface area contributed by atoms with Crippen LogP contribution in [0.4, 0.5) is 11.4 Å². The molecule has 4 aromatic carbocycles. The number of amides is 2. The van der Waals surface area contributed by atoms with E-state index in [0.29, 0.717) is 11.4 Å². The molecule has 8 heteroatoms. The molecule has 4 rings (SSSR count). The van der Waals surface area contributed by atoms with Crippen LogP contribution in [0.5, 0.6) is 11.5 Å². The van der Waals surface area contributed by atoms with Crippen LogP contribution in [-0.4, -0.2) is 24.0 Å². The van der Waals surface area contributed by atoms with Crippen LogP contribution in [0, 0.1) is 11.8 Å². The maximum Gasteiger partial charge on any atom is 0.265 e. The van der Waals surface area contributed by atoms with Crippen LogP contribution in [0.3, 0.4) is 0 Å². The van der Waals surface area contributed by atoms with Crippen molar-refractivity contribution in [1.82, 2.24) is 0 Å². The average molecular weight is 881 g/mol. The molecule has 0 radical (unpaired) electrons. The molecule has 0 aromatic heterocycles. The minimum atomic E-state index is -0.713. The lowest BCUT2D eigenvalue weighted by Crippen LogP contribution is -2.38. The summed E-state index contributed by atoms with van der Waals surface area (Å²) in [4.78, 5) is 30.1. The average Bonchev–Trinajstić information content (AvgIpc) is 3.24. The molecule has 338 valence electrons. The zero-order chi connectivity index (χ0) is 46.2. The Hall–Kier alpha value is -3.88. The van der Waals surface area contributed by atoms with E-state index in [1.807, 2.05) is 76.2 Å². The fourth-order valence-corrected chi connectivity index (χ4v) is 9.27. The smallest absolute Gasteiger partial charge is 0.265 e. The molecule has 2 unspecified atom stereocenters. The Morgan fingerprint density at radius 3 is 1.13 bits per heavy atom. The first kappa shape index (κ1) is 50.8. The first-order valence-corrected chi connectivity index (χ1v) is 24.9. The molecule has 0 spiro atoms. The molecule has 2 atom stereocenters. The van der Waals surface area contributed by atoms with Gasteiger partial charge in [0.2, 0.25) is 0 Å². The summed E-state index contributed by atoms with van der Waals surface area (Å²) < 4.78 is 13.4. The zero-order valence-electron chi connectivity index (χ0n) is 40.7. The highest BCUT2D eigenvalue weighted by Gasteiger charge is 2.33. The van der Waals surface area contributed by atoms with Crippen LogP contribution in [0.2, 0.25) is 0 Å². The van der Waals surface area contributed by atoms with E-state index in [1.54, 1.807) is 0 Å². The minimum Gasteiger partial charge on any atom is -0.480 e. The van der Waals surface area contributed by atoms with Gasteiger partial charge in [0.15, 0.2) is 12.2 Å². The Morgan fingerprint density at radius 1 is 0.500 bits per heavy atom. The van der Waals surface area contributed by atoms with Gasteiger partial charge < -0.3 is 20.1 Å². The Balaban J connectivity index is 1.55. The molecule has 2 N–H and O–H groups in total. The van der Waals surface area contributed by atoms with Crippen molar-refractivity contribution in [2.75, 3.05) is 10.6 Å². The van der Waals surface area contributed by atoms with Crippen LogP contribution < -0.4 is 20.1 Å². The van der Waals surface area contributed by atoms with Gasteiger partial charge in [-0.15, -0.1) is 0 Å². The summed E-state index contributed by atoms with van der Waals surface area (Å²) in [5.41, 5.74) is 5.96. The first-order chi connectivity index (χ1) is 29.0. The molecule has 4 aromatic rings. The van der Waals surface area contributed by atoms with E-state index in [0.717, 1.165) is 58.1 Å². The molecule has 0 aliphatic carbocycles. The third-order valence-corrected chi connectivity index (χ3v) is 15.7. The predicted molar refractivity (Wildman–Crippen MR) is 267 cm³/mol. The van der Waals surface area contributed by atoms with Crippen LogP contribution >= 0.6 is 21.6 Å². The maximum atomic E-state index is 14.2. The van der Waals surface area contributed by atoms with Crippen molar-refractivity contribution >= 4 is 44.8 Å². The largest absolute Gasteiger partial charge is 0.480 e. The number of hydrogen-bond donors (Lipinski definition) is 2. The van der Waals surface area contributed by atoms with Crippen LogP contribution in [0.1, 0.15) is 159 Å². The van der Waals surface area contributed by atoms with Gasteiger partial charge in [0.1, 0.15) is 11.5 Å². The van der Waals surface area contributed by atoms with E-state index in [9.17, 15) is 9.59 Å². The van der Waals surface area contributed by atoms with Crippen LogP contribution in [0.15, 0.2) is 94.7 Å².